The van der Waals surface area contributed by atoms with E-state index in [2.05, 4.69) is 0 Å². The van der Waals surface area contributed by atoms with Crippen molar-refractivity contribution >= 4 is 28.5 Å². The summed E-state index contributed by atoms with van der Waals surface area (Å²) in [6.45, 7) is 0. The maximum Gasteiger partial charge on any atom is 0.351 e. The van der Waals surface area contributed by atoms with Gasteiger partial charge < -0.3 is 23.4 Å². The van der Waals surface area contributed by atoms with E-state index >= 15 is 0 Å². The lowest BCUT2D eigenvalue weighted by molar-refractivity contribution is 0.0727. The molecule has 162 valence electrons. The molecule has 4 rings (SSSR count). The topological polar surface area (TPSA) is 84.2 Å². The van der Waals surface area contributed by atoms with Crippen LogP contribution in [-0.2, 0) is 0 Å². The van der Waals surface area contributed by atoms with Gasteiger partial charge >= 0.3 is 5.97 Å². The normalized spacial score (nSPS) is 10.6. The molecule has 0 spiro atoms. The number of fused-ring (bicyclic) bond motifs is 1. The molecule has 1 heterocycles. The van der Waals surface area contributed by atoms with Crippen molar-refractivity contribution in [2.75, 3.05) is 14.2 Å². The second-order valence-electron chi connectivity index (χ2n) is 6.55. The van der Waals surface area contributed by atoms with E-state index in [1.807, 2.05) is 0 Å². The number of esters is 1. The summed E-state index contributed by atoms with van der Waals surface area (Å²) in [4.78, 5) is 25.6. The van der Waals surface area contributed by atoms with Crippen molar-refractivity contribution in [3.05, 3.63) is 87.7 Å². The number of rotatable bonds is 6. The lowest BCUT2D eigenvalue weighted by Gasteiger charge is -2.12. The molecule has 3 aromatic carbocycles. The third-order valence-corrected chi connectivity index (χ3v) is 4.93. The average Bonchev–Trinajstić information content (AvgIpc) is 2.81. The molecule has 0 saturated heterocycles. The molecule has 0 saturated carbocycles. The summed E-state index contributed by atoms with van der Waals surface area (Å²) in [5.74, 6) is 0.426. The van der Waals surface area contributed by atoms with Gasteiger partial charge in [0.2, 0.25) is 11.2 Å². The number of para-hydroxylation sites is 1. The van der Waals surface area contributed by atoms with Crippen LogP contribution in [0.1, 0.15) is 10.4 Å². The summed E-state index contributed by atoms with van der Waals surface area (Å²) in [5, 5.41) is 0.616. The maximum absolute atomic E-state index is 12.8. The zero-order chi connectivity index (χ0) is 22.7. The highest BCUT2D eigenvalue weighted by atomic mass is 35.5. The fraction of sp³-hybridized carbons (Fsp3) is 0.0833. The highest BCUT2D eigenvalue weighted by Crippen LogP contribution is 2.31. The molecule has 0 amide bonds. The Morgan fingerprint density at radius 2 is 1.56 bits per heavy atom. The molecule has 8 heteroatoms. The fourth-order valence-electron chi connectivity index (χ4n) is 3.08. The van der Waals surface area contributed by atoms with Crippen LogP contribution in [0.25, 0.3) is 11.0 Å². The smallest absolute Gasteiger partial charge is 0.351 e. The van der Waals surface area contributed by atoms with Crippen molar-refractivity contribution in [1.29, 1.82) is 0 Å². The van der Waals surface area contributed by atoms with Crippen molar-refractivity contribution in [3.63, 3.8) is 0 Å². The maximum atomic E-state index is 12.8. The average molecular weight is 453 g/mol. The monoisotopic (exact) mass is 452 g/mol. The molecule has 32 heavy (non-hydrogen) atoms. The quantitative estimate of drug-likeness (QED) is 0.283. The highest BCUT2D eigenvalue weighted by Gasteiger charge is 2.21. The minimum atomic E-state index is -0.681. The fourth-order valence-corrected chi connectivity index (χ4v) is 3.26. The van der Waals surface area contributed by atoms with Crippen molar-refractivity contribution in [2.45, 2.75) is 0 Å². The third kappa shape index (κ3) is 4.10. The molecule has 0 aliphatic rings. The van der Waals surface area contributed by atoms with Gasteiger partial charge in [0.05, 0.1) is 24.6 Å². The second-order valence-corrected chi connectivity index (χ2v) is 6.95. The molecule has 0 N–H and O–H groups in total. The summed E-state index contributed by atoms with van der Waals surface area (Å²) in [6.07, 6.45) is 1.18. The lowest BCUT2D eigenvalue weighted by atomic mass is 10.1. The molecule has 4 aromatic rings. The molecular formula is C24H17ClO7. The minimum absolute atomic E-state index is 0.0193. The largest absolute Gasteiger partial charge is 0.496 e. The van der Waals surface area contributed by atoms with Gasteiger partial charge in [-0.15, -0.1) is 0 Å². The van der Waals surface area contributed by atoms with Gasteiger partial charge in [0.15, 0.2) is 0 Å². The number of carbonyl (C=O) groups is 1. The van der Waals surface area contributed by atoms with E-state index in [9.17, 15) is 9.59 Å². The van der Waals surface area contributed by atoms with E-state index < -0.39 is 11.4 Å². The molecule has 7 nitrogen and oxygen atoms in total. The van der Waals surface area contributed by atoms with Gasteiger partial charge in [0, 0.05) is 6.07 Å². The molecule has 0 atom stereocenters. The Balaban J connectivity index is 1.63. The molecule has 0 fully saturated rings. The van der Waals surface area contributed by atoms with Crippen molar-refractivity contribution in [2.24, 2.45) is 0 Å². The van der Waals surface area contributed by atoms with Crippen LogP contribution in [0.4, 0.5) is 0 Å². The van der Waals surface area contributed by atoms with Crippen LogP contribution in [0.5, 0.6) is 28.7 Å². The Bertz CT molecular complexity index is 1340. The van der Waals surface area contributed by atoms with Gasteiger partial charge in [-0.05, 0) is 36.4 Å². The molecule has 0 aliphatic heterocycles. The Morgan fingerprint density at radius 3 is 2.25 bits per heavy atom. The zero-order valence-electron chi connectivity index (χ0n) is 17.1. The molecule has 0 unspecified atom stereocenters. The van der Waals surface area contributed by atoms with E-state index in [0.717, 1.165) is 0 Å². The highest BCUT2D eigenvalue weighted by molar-refractivity contribution is 6.32. The number of benzene rings is 3. The first-order valence-corrected chi connectivity index (χ1v) is 9.80. The van der Waals surface area contributed by atoms with E-state index in [4.69, 9.17) is 35.0 Å². The first-order valence-electron chi connectivity index (χ1n) is 9.43. The lowest BCUT2D eigenvalue weighted by Crippen LogP contribution is -2.12. The third-order valence-electron chi connectivity index (χ3n) is 4.61. The molecule has 0 aliphatic carbocycles. The van der Waals surface area contributed by atoms with Crippen LogP contribution in [0, 0.1) is 0 Å². The molecule has 0 radical (unpaired) electrons. The summed E-state index contributed by atoms with van der Waals surface area (Å²) in [5.41, 5.74) is -0.0308. The predicted octanol–water partition coefficient (Wildman–Crippen LogP) is 5.48. The number of hydrogen-bond acceptors (Lipinski definition) is 7. The van der Waals surface area contributed by atoms with Crippen LogP contribution in [-0.4, -0.2) is 20.2 Å². The van der Waals surface area contributed by atoms with Gasteiger partial charge in [0.25, 0.3) is 0 Å². The molecule has 0 bridgehead atoms. The first-order chi connectivity index (χ1) is 15.5. The van der Waals surface area contributed by atoms with E-state index in [1.165, 1.54) is 38.7 Å². The van der Waals surface area contributed by atoms with E-state index in [-0.39, 0.29) is 28.0 Å². The Kier molecular flexibility index (Phi) is 6.00. The van der Waals surface area contributed by atoms with Crippen molar-refractivity contribution in [1.82, 2.24) is 0 Å². The van der Waals surface area contributed by atoms with Gasteiger partial charge in [-0.1, -0.05) is 29.8 Å². The zero-order valence-corrected chi connectivity index (χ0v) is 17.8. The van der Waals surface area contributed by atoms with Crippen molar-refractivity contribution in [3.8, 4) is 28.7 Å². The molecule has 1 aromatic heterocycles. The predicted molar refractivity (Wildman–Crippen MR) is 119 cm³/mol. The summed E-state index contributed by atoms with van der Waals surface area (Å²) >= 11 is 6.08. The number of carbonyl (C=O) groups excluding carboxylic acids is 1. The van der Waals surface area contributed by atoms with E-state index in [0.29, 0.717) is 22.3 Å². The standard InChI is InChI=1S/C24H17ClO7/c1-28-18-8-5-9-19(29-2)22(18)24(27)31-14-10-11-15-20(12-14)30-13-21(23(15)26)32-17-7-4-3-6-16(17)25/h3-13H,1-2H3. The Labute approximate surface area is 187 Å². The van der Waals surface area contributed by atoms with Crippen LogP contribution in [0.3, 0.4) is 0 Å². The van der Waals surface area contributed by atoms with Crippen molar-refractivity contribution < 1.29 is 28.2 Å². The summed E-state index contributed by atoms with van der Waals surface area (Å²) < 4.78 is 27.1. The van der Waals surface area contributed by atoms with Gasteiger partial charge in [0.1, 0.15) is 40.4 Å². The Morgan fingerprint density at radius 1 is 0.875 bits per heavy atom. The number of hydrogen-bond donors (Lipinski definition) is 0. The summed E-state index contributed by atoms with van der Waals surface area (Å²) in [7, 11) is 2.89. The number of methoxy groups -OCH3 is 2. The van der Waals surface area contributed by atoms with Gasteiger partial charge in [-0.2, -0.15) is 0 Å². The molecular weight excluding hydrogens is 436 g/mol. The first kappa shape index (κ1) is 21.3. The van der Waals surface area contributed by atoms with Crippen LogP contribution >= 0.6 is 11.6 Å². The summed E-state index contributed by atoms with van der Waals surface area (Å²) in [6, 6.07) is 16.1. The SMILES string of the molecule is COc1cccc(OC)c1C(=O)Oc1ccc2c(=O)c(Oc3ccccc3Cl)coc2c1. The van der Waals surface area contributed by atoms with Crippen LogP contribution < -0.4 is 24.4 Å². The minimum Gasteiger partial charge on any atom is -0.496 e. The van der Waals surface area contributed by atoms with E-state index in [1.54, 1.807) is 42.5 Å². The number of ether oxygens (including phenoxy) is 4. The van der Waals surface area contributed by atoms with Gasteiger partial charge in [-0.25, -0.2) is 4.79 Å². The number of halogens is 1. The second kappa shape index (κ2) is 9.03. The van der Waals surface area contributed by atoms with Gasteiger partial charge in [-0.3, -0.25) is 4.79 Å². The van der Waals surface area contributed by atoms with Crippen LogP contribution in [0.2, 0.25) is 5.02 Å². The van der Waals surface area contributed by atoms with Crippen LogP contribution in [0.15, 0.2) is 76.1 Å². The Hall–Kier alpha value is -3.97.